The highest BCUT2D eigenvalue weighted by molar-refractivity contribution is 6.14. The second kappa shape index (κ2) is 9.51. The van der Waals surface area contributed by atoms with Gasteiger partial charge in [0.25, 0.3) is 11.8 Å². The third-order valence-corrected chi connectivity index (χ3v) is 3.38. The van der Waals surface area contributed by atoms with E-state index >= 15 is 0 Å². The van der Waals surface area contributed by atoms with Crippen LogP contribution in [0.3, 0.4) is 0 Å². The third kappa shape index (κ3) is 6.03. The molecule has 24 heavy (non-hydrogen) atoms. The monoisotopic (exact) mass is 343 g/mol. The summed E-state index contributed by atoms with van der Waals surface area (Å²) in [7, 11) is 0. The first kappa shape index (κ1) is 20.3. The van der Waals surface area contributed by atoms with Gasteiger partial charge in [-0.2, -0.15) is 0 Å². The van der Waals surface area contributed by atoms with Crippen LogP contribution in [-0.4, -0.2) is 72.0 Å². The average Bonchev–Trinajstić information content (AvgIpc) is 2.88. The van der Waals surface area contributed by atoms with Gasteiger partial charge < -0.3 is 19.3 Å². The Balaban J connectivity index is 2.33. The number of rotatable bonds is 10. The Kier molecular flexibility index (Phi) is 8.03. The van der Waals surface area contributed by atoms with E-state index in [0.29, 0.717) is 6.61 Å². The van der Waals surface area contributed by atoms with Crippen LogP contribution in [0.5, 0.6) is 0 Å². The normalized spacial score (nSPS) is 19.3. The van der Waals surface area contributed by atoms with Gasteiger partial charge in [-0.3, -0.25) is 14.5 Å². The minimum absolute atomic E-state index is 0.0680. The largest absolute Gasteiger partial charge is 0.459 e. The number of nitrogens with zero attached hydrogens (tertiary/aromatic N) is 1. The molecule has 8 nitrogen and oxygen atoms in total. The van der Waals surface area contributed by atoms with Crippen molar-refractivity contribution in [3.63, 3.8) is 0 Å². The molecular weight excluding hydrogens is 318 g/mol. The van der Waals surface area contributed by atoms with Crippen molar-refractivity contribution in [2.75, 3.05) is 19.8 Å². The van der Waals surface area contributed by atoms with E-state index in [1.807, 2.05) is 0 Å². The first-order chi connectivity index (χ1) is 11.3. The third-order valence-electron chi connectivity index (χ3n) is 3.38. The fourth-order valence-electron chi connectivity index (χ4n) is 1.93. The van der Waals surface area contributed by atoms with Gasteiger partial charge in [0.1, 0.15) is 12.1 Å². The van der Waals surface area contributed by atoms with Gasteiger partial charge in [-0.1, -0.05) is 0 Å². The number of ether oxygens (including phenoxy) is 3. The highest BCUT2D eigenvalue weighted by Crippen LogP contribution is 2.11. The number of hydrogen-bond donors (Lipinski definition) is 1. The van der Waals surface area contributed by atoms with Gasteiger partial charge in [0.2, 0.25) is 0 Å². The number of hydrogen-bond acceptors (Lipinski definition) is 7. The molecule has 0 aromatic carbocycles. The Labute approximate surface area is 141 Å². The zero-order valence-corrected chi connectivity index (χ0v) is 14.4. The molecule has 2 amide bonds. The average molecular weight is 343 g/mol. The van der Waals surface area contributed by atoms with Gasteiger partial charge in [0.05, 0.1) is 32.0 Å². The van der Waals surface area contributed by atoms with Crippen LogP contribution in [-0.2, 0) is 28.6 Å². The minimum atomic E-state index is -0.992. The standard InChI is InChI=1S/C16H25NO7/c1-10(7-18)22-8-11(2)23-9-12(3)24-16(21)13(4)17-14(19)5-6-15(17)20/h5-6,10-13,18H,7-9H2,1-4H3. The molecule has 0 aromatic rings. The number of amides is 2. The van der Waals surface area contributed by atoms with Crippen LogP contribution >= 0.6 is 0 Å². The molecule has 0 spiro atoms. The molecular formula is C16H25NO7. The van der Waals surface area contributed by atoms with Crippen molar-refractivity contribution in [2.45, 2.75) is 52.0 Å². The summed E-state index contributed by atoms with van der Waals surface area (Å²) in [6.07, 6.45) is 1.19. The van der Waals surface area contributed by atoms with E-state index in [0.717, 1.165) is 17.1 Å². The molecule has 0 bridgehead atoms. The lowest BCUT2D eigenvalue weighted by Crippen LogP contribution is -2.45. The van der Waals surface area contributed by atoms with Gasteiger partial charge in [-0.05, 0) is 27.7 Å². The molecule has 8 heteroatoms. The SMILES string of the molecule is CC(CO)OCC(C)OCC(C)OC(=O)C(C)N1C(=O)C=CC1=O. The molecule has 1 heterocycles. The molecule has 1 aliphatic heterocycles. The Morgan fingerprint density at radius 1 is 1.00 bits per heavy atom. The van der Waals surface area contributed by atoms with Crippen LogP contribution in [0.1, 0.15) is 27.7 Å². The molecule has 0 fully saturated rings. The minimum Gasteiger partial charge on any atom is -0.459 e. The number of esters is 1. The maximum absolute atomic E-state index is 12.0. The number of imide groups is 1. The summed E-state index contributed by atoms with van der Waals surface area (Å²) in [5, 5.41) is 8.86. The zero-order valence-electron chi connectivity index (χ0n) is 14.4. The Hall–Kier alpha value is -1.77. The summed E-state index contributed by atoms with van der Waals surface area (Å²) >= 11 is 0. The second-order valence-electron chi connectivity index (χ2n) is 5.77. The lowest BCUT2D eigenvalue weighted by Gasteiger charge is -2.23. The van der Waals surface area contributed by atoms with Crippen molar-refractivity contribution in [3.05, 3.63) is 12.2 Å². The molecule has 0 aliphatic carbocycles. The zero-order chi connectivity index (χ0) is 18.3. The molecule has 1 rings (SSSR count). The van der Waals surface area contributed by atoms with E-state index < -0.39 is 29.9 Å². The van der Waals surface area contributed by atoms with E-state index in [-0.39, 0.29) is 25.4 Å². The molecule has 136 valence electrons. The van der Waals surface area contributed by atoms with Gasteiger partial charge in [0.15, 0.2) is 0 Å². The molecule has 4 atom stereocenters. The van der Waals surface area contributed by atoms with E-state index in [2.05, 4.69) is 0 Å². The van der Waals surface area contributed by atoms with Crippen LogP contribution in [0.15, 0.2) is 12.2 Å². The summed E-state index contributed by atoms with van der Waals surface area (Å²) in [6.45, 7) is 7.02. The predicted octanol–water partition coefficient (Wildman–Crippen LogP) is 0.0341. The quantitative estimate of drug-likeness (QED) is 0.441. The van der Waals surface area contributed by atoms with Crippen molar-refractivity contribution in [1.82, 2.24) is 4.90 Å². The fourth-order valence-corrected chi connectivity index (χ4v) is 1.93. The van der Waals surface area contributed by atoms with Gasteiger partial charge in [-0.25, -0.2) is 4.79 Å². The fraction of sp³-hybridized carbons (Fsp3) is 0.688. The number of carbonyl (C=O) groups is 3. The lowest BCUT2D eigenvalue weighted by molar-refractivity contribution is -0.163. The van der Waals surface area contributed by atoms with Crippen molar-refractivity contribution in [3.8, 4) is 0 Å². The Morgan fingerprint density at radius 2 is 1.50 bits per heavy atom. The van der Waals surface area contributed by atoms with Crippen LogP contribution in [0.2, 0.25) is 0 Å². The van der Waals surface area contributed by atoms with Crippen molar-refractivity contribution >= 4 is 17.8 Å². The summed E-state index contributed by atoms with van der Waals surface area (Å²) < 4.78 is 16.0. The van der Waals surface area contributed by atoms with Gasteiger partial charge >= 0.3 is 5.97 Å². The van der Waals surface area contributed by atoms with Crippen LogP contribution in [0, 0.1) is 0 Å². The first-order valence-corrected chi connectivity index (χ1v) is 7.86. The molecule has 0 saturated heterocycles. The summed E-state index contributed by atoms with van der Waals surface area (Å²) in [6, 6.07) is -0.992. The summed E-state index contributed by atoms with van der Waals surface area (Å²) in [4.78, 5) is 36.0. The molecule has 1 N–H and O–H groups in total. The van der Waals surface area contributed by atoms with Gasteiger partial charge in [-0.15, -0.1) is 0 Å². The molecule has 0 aromatic heterocycles. The van der Waals surface area contributed by atoms with E-state index in [1.54, 1.807) is 20.8 Å². The number of carbonyl (C=O) groups excluding carboxylic acids is 3. The molecule has 1 aliphatic rings. The highest BCUT2D eigenvalue weighted by atomic mass is 16.6. The molecule has 0 radical (unpaired) electrons. The number of aliphatic hydroxyl groups is 1. The Morgan fingerprint density at radius 3 is 2.04 bits per heavy atom. The summed E-state index contributed by atoms with van der Waals surface area (Å²) in [5.41, 5.74) is 0. The van der Waals surface area contributed by atoms with Gasteiger partial charge in [0, 0.05) is 12.2 Å². The van der Waals surface area contributed by atoms with Crippen LogP contribution in [0.4, 0.5) is 0 Å². The van der Waals surface area contributed by atoms with E-state index in [9.17, 15) is 14.4 Å². The van der Waals surface area contributed by atoms with E-state index in [4.69, 9.17) is 19.3 Å². The summed E-state index contributed by atoms with van der Waals surface area (Å²) in [5.74, 6) is -1.73. The van der Waals surface area contributed by atoms with Crippen LogP contribution in [0.25, 0.3) is 0 Å². The van der Waals surface area contributed by atoms with Crippen molar-refractivity contribution in [1.29, 1.82) is 0 Å². The molecule has 4 unspecified atom stereocenters. The maximum atomic E-state index is 12.0. The topological polar surface area (TPSA) is 102 Å². The second-order valence-corrected chi connectivity index (χ2v) is 5.77. The Bertz CT molecular complexity index is 473. The molecule has 0 saturated carbocycles. The smallest absolute Gasteiger partial charge is 0.329 e. The van der Waals surface area contributed by atoms with Crippen molar-refractivity contribution < 1.29 is 33.7 Å². The lowest BCUT2D eigenvalue weighted by atomic mass is 10.3. The maximum Gasteiger partial charge on any atom is 0.329 e. The van der Waals surface area contributed by atoms with E-state index in [1.165, 1.54) is 6.92 Å². The van der Waals surface area contributed by atoms with Crippen LogP contribution < -0.4 is 0 Å². The predicted molar refractivity (Wildman–Crippen MR) is 83.9 cm³/mol. The van der Waals surface area contributed by atoms with Crippen molar-refractivity contribution in [2.24, 2.45) is 0 Å². The highest BCUT2D eigenvalue weighted by Gasteiger charge is 2.34. The first-order valence-electron chi connectivity index (χ1n) is 7.86. The number of aliphatic hydroxyl groups excluding tert-OH is 1.